The monoisotopic (exact) mass is 259 g/mol. The van der Waals surface area contributed by atoms with E-state index < -0.39 is 6.29 Å². The molecule has 0 radical (unpaired) electrons. The molecule has 1 aromatic carbocycles. The fourth-order valence-electron chi connectivity index (χ4n) is 1.63. The first-order valence-corrected chi connectivity index (χ1v) is 5.62. The highest BCUT2D eigenvalue weighted by Crippen LogP contribution is 2.15. The number of aliphatic hydroxyl groups excluding tert-OH is 1. The minimum absolute atomic E-state index is 0. The molecule has 0 saturated heterocycles. The standard InChI is InChI=1S/C13H22NO2.ClH/c1-11(16-12(2)15)14(3,4)10-13-8-6-5-7-9-13;/h5-9,11-12,15H,10H2,1-4H3;1H/q+1;/p-1. The second kappa shape index (κ2) is 6.97. The van der Waals surface area contributed by atoms with Crippen molar-refractivity contribution in [3.05, 3.63) is 35.9 Å². The molecule has 17 heavy (non-hydrogen) atoms. The Hall–Kier alpha value is -0.610. The molecule has 3 nitrogen and oxygen atoms in total. The Morgan fingerprint density at radius 1 is 1.18 bits per heavy atom. The quantitative estimate of drug-likeness (QED) is 0.541. The zero-order chi connectivity index (χ0) is 12.2. The van der Waals surface area contributed by atoms with Crippen LogP contribution in [0.2, 0.25) is 0 Å². The van der Waals surface area contributed by atoms with Crippen LogP contribution in [0, 0.1) is 0 Å². The van der Waals surface area contributed by atoms with Gasteiger partial charge in [-0.05, 0) is 6.92 Å². The lowest BCUT2D eigenvalue weighted by Crippen LogP contribution is -3.00. The fraction of sp³-hybridized carbons (Fsp3) is 0.538. The first-order chi connectivity index (χ1) is 7.42. The summed E-state index contributed by atoms with van der Waals surface area (Å²) in [6, 6.07) is 10.3. The van der Waals surface area contributed by atoms with E-state index >= 15 is 0 Å². The van der Waals surface area contributed by atoms with Crippen LogP contribution in [0.4, 0.5) is 0 Å². The molecule has 98 valence electrons. The Labute approximate surface area is 110 Å². The first-order valence-electron chi connectivity index (χ1n) is 5.62. The van der Waals surface area contributed by atoms with Crippen LogP contribution >= 0.6 is 0 Å². The number of halogens is 1. The Morgan fingerprint density at radius 3 is 2.18 bits per heavy atom. The van der Waals surface area contributed by atoms with Gasteiger partial charge in [0, 0.05) is 12.5 Å². The van der Waals surface area contributed by atoms with Crippen molar-refractivity contribution in [3.63, 3.8) is 0 Å². The summed E-state index contributed by atoms with van der Waals surface area (Å²) < 4.78 is 6.10. The average molecular weight is 260 g/mol. The van der Waals surface area contributed by atoms with E-state index in [1.807, 2.05) is 25.1 Å². The van der Waals surface area contributed by atoms with Crippen molar-refractivity contribution in [1.82, 2.24) is 0 Å². The molecule has 0 heterocycles. The van der Waals surface area contributed by atoms with E-state index in [4.69, 9.17) is 4.74 Å². The molecule has 0 spiro atoms. The van der Waals surface area contributed by atoms with Crippen LogP contribution in [0.3, 0.4) is 0 Å². The second-order valence-electron chi connectivity index (χ2n) is 4.76. The molecule has 0 bridgehead atoms. The molecule has 1 rings (SSSR count). The summed E-state index contributed by atoms with van der Waals surface area (Å²) in [5, 5.41) is 9.22. The van der Waals surface area contributed by atoms with Gasteiger partial charge in [-0.15, -0.1) is 0 Å². The van der Waals surface area contributed by atoms with Crippen molar-refractivity contribution >= 4 is 0 Å². The summed E-state index contributed by atoms with van der Waals surface area (Å²) in [6.07, 6.45) is -0.761. The highest BCUT2D eigenvalue weighted by atomic mass is 35.5. The Balaban J connectivity index is 0.00000256. The van der Waals surface area contributed by atoms with E-state index in [0.29, 0.717) is 4.48 Å². The third-order valence-electron chi connectivity index (χ3n) is 2.81. The molecule has 1 N–H and O–H groups in total. The van der Waals surface area contributed by atoms with Crippen LogP contribution in [0.25, 0.3) is 0 Å². The summed E-state index contributed by atoms with van der Waals surface area (Å²) in [7, 11) is 4.19. The predicted molar refractivity (Wildman–Crippen MR) is 64.5 cm³/mol. The molecule has 0 aromatic heterocycles. The van der Waals surface area contributed by atoms with Crippen molar-refractivity contribution in [1.29, 1.82) is 0 Å². The van der Waals surface area contributed by atoms with E-state index in [1.165, 1.54) is 5.56 Å². The van der Waals surface area contributed by atoms with E-state index in [1.54, 1.807) is 6.92 Å². The molecular weight excluding hydrogens is 238 g/mol. The van der Waals surface area contributed by atoms with Gasteiger partial charge in [0.1, 0.15) is 6.54 Å². The van der Waals surface area contributed by atoms with Crippen LogP contribution < -0.4 is 12.4 Å². The van der Waals surface area contributed by atoms with E-state index in [2.05, 4.69) is 26.2 Å². The van der Waals surface area contributed by atoms with Crippen LogP contribution in [0.1, 0.15) is 19.4 Å². The lowest BCUT2D eigenvalue weighted by atomic mass is 10.2. The lowest BCUT2D eigenvalue weighted by Gasteiger charge is -2.36. The van der Waals surface area contributed by atoms with Crippen LogP contribution in [0.5, 0.6) is 0 Å². The molecular formula is C13H22ClNO2. The largest absolute Gasteiger partial charge is 1.00 e. The summed E-state index contributed by atoms with van der Waals surface area (Å²) in [5.41, 5.74) is 1.27. The van der Waals surface area contributed by atoms with Gasteiger partial charge >= 0.3 is 0 Å². The first kappa shape index (κ1) is 16.4. The highest BCUT2D eigenvalue weighted by Gasteiger charge is 2.26. The molecule has 0 saturated carbocycles. The molecule has 2 unspecified atom stereocenters. The van der Waals surface area contributed by atoms with Gasteiger partial charge in [0.15, 0.2) is 12.5 Å². The number of rotatable bonds is 5. The lowest BCUT2D eigenvalue weighted by molar-refractivity contribution is -0.949. The Kier molecular flexibility index (Phi) is 6.72. The normalized spacial score (nSPS) is 14.9. The number of ether oxygens (including phenoxy) is 1. The molecule has 0 aliphatic carbocycles. The number of aliphatic hydroxyl groups is 1. The molecule has 0 aliphatic heterocycles. The number of hydrogen-bond donors (Lipinski definition) is 1. The highest BCUT2D eigenvalue weighted by molar-refractivity contribution is 5.13. The molecule has 1 aromatic rings. The van der Waals surface area contributed by atoms with E-state index in [-0.39, 0.29) is 18.6 Å². The second-order valence-corrected chi connectivity index (χ2v) is 4.76. The zero-order valence-corrected chi connectivity index (χ0v) is 11.7. The average Bonchev–Trinajstić information content (AvgIpc) is 2.17. The third kappa shape index (κ3) is 5.50. The SMILES string of the molecule is CC(O)OC(C)[N+](C)(C)Cc1ccccc1.[Cl-]. The number of benzene rings is 1. The zero-order valence-electron chi connectivity index (χ0n) is 10.9. The molecule has 0 aliphatic rings. The fourth-order valence-corrected chi connectivity index (χ4v) is 1.63. The number of hydrogen-bond acceptors (Lipinski definition) is 2. The Morgan fingerprint density at radius 2 is 1.71 bits per heavy atom. The van der Waals surface area contributed by atoms with Crippen LogP contribution in [0.15, 0.2) is 30.3 Å². The third-order valence-corrected chi connectivity index (χ3v) is 2.81. The van der Waals surface area contributed by atoms with Gasteiger partial charge in [-0.3, -0.25) is 4.48 Å². The smallest absolute Gasteiger partial charge is 0.193 e. The Bertz CT molecular complexity index is 314. The maximum atomic E-state index is 9.22. The minimum Gasteiger partial charge on any atom is -1.00 e. The summed E-state index contributed by atoms with van der Waals surface area (Å²) in [4.78, 5) is 0. The van der Waals surface area contributed by atoms with E-state index in [9.17, 15) is 5.11 Å². The van der Waals surface area contributed by atoms with Gasteiger partial charge in [0.2, 0.25) is 0 Å². The molecule has 2 atom stereocenters. The summed E-state index contributed by atoms with van der Waals surface area (Å²) in [5.74, 6) is 0. The number of quaternary nitrogens is 1. The minimum atomic E-state index is -0.719. The predicted octanol–water partition coefficient (Wildman–Crippen LogP) is -1.03. The van der Waals surface area contributed by atoms with Crippen LogP contribution in [-0.2, 0) is 11.3 Å². The topological polar surface area (TPSA) is 29.5 Å². The number of nitrogens with zero attached hydrogens (tertiary/aromatic N) is 1. The van der Waals surface area contributed by atoms with Gasteiger partial charge in [-0.1, -0.05) is 30.3 Å². The maximum Gasteiger partial charge on any atom is 0.193 e. The van der Waals surface area contributed by atoms with Crippen molar-refractivity contribution in [2.24, 2.45) is 0 Å². The van der Waals surface area contributed by atoms with Crippen LogP contribution in [-0.4, -0.2) is 36.2 Å². The van der Waals surface area contributed by atoms with Crippen molar-refractivity contribution in [3.8, 4) is 0 Å². The van der Waals surface area contributed by atoms with Gasteiger partial charge in [0.25, 0.3) is 0 Å². The molecule has 4 heteroatoms. The van der Waals surface area contributed by atoms with Crippen molar-refractivity contribution < 1.29 is 26.7 Å². The van der Waals surface area contributed by atoms with E-state index in [0.717, 1.165) is 6.54 Å². The van der Waals surface area contributed by atoms with Gasteiger partial charge in [-0.2, -0.15) is 0 Å². The summed E-state index contributed by atoms with van der Waals surface area (Å²) >= 11 is 0. The van der Waals surface area contributed by atoms with Gasteiger partial charge in [0.05, 0.1) is 14.1 Å². The van der Waals surface area contributed by atoms with Crippen molar-refractivity contribution in [2.75, 3.05) is 14.1 Å². The van der Waals surface area contributed by atoms with Crippen molar-refractivity contribution in [2.45, 2.75) is 32.9 Å². The molecule has 0 fully saturated rings. The van der Waals surface area contributed by atoms with Gasteiger partial charge < -0.3 is 22.3 Å². The summed E-state index contributed by atoms with van der Waals surface area (Å²) in [6.45, 7) is 4.50. The van der Waals surface area contributed by atoms with Gasteiger partial charge in [-0.25, -0.2) is 0 Å². The maximum absolute atomic E-state index is 9.22. The molecule has 0 amide bonds.